The van der Waals surface area contributed by atoms with Gasteiger partial charge >= 0.3 is 0 Å². The fourth-order valence-electron chi connectivity index (χ4n) is 1.15. The topological polar surface area (TPSA) is 35.2 Å². The van der Waals surface area contributed by atoms with Crippen LogP contribution in [0.3, 0.4) is 0 Å². The first-order valence-electron chi connectivity index (χ1n) is 4.68. The predicted octanol–water partition coefficient (Wildman–Crippen LogP) is 2.79. The standard InChI is InChI=1S/C11H16BrNO/c1-7-5-11(14-9(3)6-13)8(2)4-10(7)12/h4-5,9H,6,13H2,1-3H3. The summed E-state index contributed by atoms with van der Waals surface area (Å²) in [4.78, 5) is 0. The normalized spacial score (nSPS) is 12.6. The molecule has 0 aliphatic carbocycles. The van der Waals surface area contributed by atoms with Gasteiger partial charge in [-0.15, -0.1) is 0 Å². The highest BCUT2D eigenvalue weighted by Gasteiger charge is 2.06. The molecule has 0 bridgehead atoms. The maximum atomic E-state index is 5.68. The second kappa shape index (κ2) is 4.80. The molecule has 0 radical (unpaired) electrons. The first-order valence-corrected chi connectivity index (χ1v) is 5.47. The van der Waals surface area contributed by atoms with Crippen LogP contribution in [0.4, 0.5) is 0 Å². The van der Waals surface area contributed by atoms with Crippen molar-refractivity contribution >= 4 is 15.9 Å². The van der Waals surface area contributed by atoms with E-state index in [-0.39, 0.29) is 6.10 Å². The minimum absolute atomic E-state index is 0.0641. The Morgan fingerprint density at radius 1 is 1.36 bits per heavy atom. The number of aryl methyl sites for hydroxylation is 2. The summed E-state index contributed by atoms with van der Waals surface area (Å²) in [7, 11) is 0. The van der Waals surface area contributed by atoms with Crippen LogP contribution in [0.25, 0.3) is 0 Å². The molecule has 3 heteroatoms. The molecule has 0 saturated heterocycles. The van der Waals surface area contributed by atoms with Crippen LogP contribution in [0, 0.1) is 13.8 Å². The van der Waals surface area contributed by atoms with E-state index >= 15 is 0 Å². The smallest absolute Gasteiger partial charge is 0.123 e. The molecule has 0 aliphatic heterocycles. The molecule has 0 aromatic heterocycles. The van der Waals surface area contributed by atoms with E-state index in [1.54, 1.807) is 0 Å². The van der Waals surface area contributed by atoms with Gasteiger partial charge < -0.3 is 10.5 Å². The summed E-state index contributed by atoms with van der Waals surface area (Å²) in [5.74, 6) is 0.920. The number of nitrogens with two attached hydrogens (primary N) is 1. The number of benzene rings is 1. The Bertz CT molecular complexity index is 325. The number of rotatable bonds is 3. The van der Waals surface area contributed by atoms with Crippen molar-refractivity contribution in [1.29, 1.82) is 0 Å². The number of hydrogen-bond donors (Lipinski definition) is 1. The van der Waals surface area contributed by atoms with E-state index in [4.69, 9.17) is 10.5 Å². The van der Waals surface area contributed by atoms with Crippen LogP contribution >= 0.6 is 15.9 Å². The number of ether oxygens (including phenoxy) is 1. The lowest BCUT2D eigenvalue weighted by molar-refractivity contribution is 0.228. The van der Waals surface area contributed by atoms with Crippen LogP contribution in [0.5, 0.6) is 5.75 Å². The van der Waals surface area contributed by atoms with Crippen molar-refractivity contribution in [3.63, 3.8) is 0 Å². The quantitative estimate of drug-likeness (QED) is 0.904. The molecule has 0 saturated carbocycles. The van der Waals surface area contributed by atoms with Gasteiger partial charge in [-0.25, -0.2) is 0 Å². The van der Waals surface area contributed by atoms with E-state index in [2.05, 4.69) is 22.0 Å². The highest BCUT2D eigenvalue weighted by molar-refractivity contribution is 9.10. The van der Waals surface area contributed by atoms with Crippen LogP contribution in [0.1, 0.15) is 18.1 Å². The van der Waals surface area contributed by atoms with Crippen molar-refractivity contribution in [2.45, 2.75) is 26.9 Å². The van der Waals surface area contributed by atoms with Gasteiger partial charge in [-0.2, -0.15) is 0 Å². The minimum Gasteiger partial charge on any atom is -0.489 e. The third-order valence-corrected chi connectivity index (χ3v) is 2.97. The maximum absolute atomic E-state index is 5.68. The molecule has 2 N–H and O–H groups in total. The van der Waals surface area contributed by atoms with Crippen LogP contribution in [-0.2, 0) is 0 Å². The van der Waals surface area contributed by atoms with Crippen molar-refractivity contribution in [2.75, 3.05) is 6.54 Å². The first-order chi connectivity index (χ1) is 6.54. The van der Waals surface area contributed by atoms with E-state index < -0.39 is 0 Å². The number of hydrogen-bond acceptors (Lipinski definition) is 2. The van der Waals surface area contributed by atoms with Gasteiger partial charge in [-0.05, 0) is 44.0 Å². The molecule has 0 fully saturated rings. The predicted molar refractivity (Wildman–Crippen MR) is 62.8 cm³/mol. The molecule has 14 heavy (non-hydrogen) atoms. The Labute approximate surface area is 93.6 Å². The van der Waals surface area contributed by atoms with Gasteiger partial charge in [-0.3, -0.25) is 0 Å². The average Bonchev–Trinajstić information content (AvgIpc) is 2.14. The lowest BCUT2D eigenvalue weighted by Gasteiger charge is -2.15. The highest BCUT2D eigenvalue weighted by atomic mass is 79.9. The first kappa shape index (κ1) is 11.5. The molecular formula is C11H16BrNO. The zero-order chi connectivity index (χ0) is 10.7. The summed E-state index contributed by atoms with van der Waals surface area (Å²) >= 11 is 3.48. The lowest BCUT2D eigenvalue weighted by atomic mass is 10.1. The Hall–Kier alpha value is -0.540. The SMILES string of the molecule is Cc1cc(OC(C)CN)c(C)cc1Br. The molecule has 78 valence electrons. The molecule has 0 aliphatic rings. The Morgan fingerprint density at radius 2 is 2.00 bits per heavy atom. The summed E-state index contributed by atoms with van der Waals surface area (Å²) in [5, 5.41) is 0. The summed E-state index contributed by atoms with van der Waals surface area (Å²) in [6.07, 6.45) is 0.0641. The monoisotopic (exact) mass is 257 g/mol. The average molecular weight is 258 g/mol. The van der Waals surface area contributed by atoms with E-state index in [0.717, 1.165) is 15.8 Å². The molecule has 1 aromatic rings. The van der Waals surface area contributed by atoms with Gasteiger partial charge in [0.05, 0.1) is 0 Å². The van der Waals surface area contributed by atoms with E-state index in [0.29, 0.717) is 6.54 Å². The summed E-state index contributed by atoms with van der Waals surface area (Å²) in [6, 6.07) is 4.10. The van der Waals surface area contributed by atoms with Gasteiger partial charge in [0.2, 0.25) is 0 Å². The zero-order valence-electron chi connectivity index (χ0n) is 8.80. The minimum atomic E-state index is 0.0641. The lowest BCUT2D eigenvalue weighted by Crippen LogP contribution is -2.23. The molecule has 1 rings (SSSR count). The molecule has 1 aromatic carbocycles. The van der Waals surface area contributed by atoms with Gasteiger partial charge in [0.25, 0.3) is 0 Å². The molecule has 0 amide bonds. The van der Waals surface area contributed by atoms with Gasteiger partial charge in [0.1, 0.15) is 11.9 Å². The van der Waals surface area contributed by atoms with E-state index in [9.17, 15) is 0 Å². The molecular weight excluding hydrogens is 242 g/mol. The molecule has 0 spiro atoms. The van der Waals surface area contributed by atoms with Crippen LogP contribution in [0.15, 0.2) is 16.6 Å². The number of halogens is 1. The molecule has 1 unspecified atom stereocenters. The largest absolute Gasteiger partial charge is 0.489 e. The van der Waals surface area contributed by atoms with Crippen molar-refractivity contribution in [3.05, 3.63) is 27.7 Å². The third kappa shape index (κ3) is 2.72. The summed E-state index contributed by atoms with van der Waals surface area (Å²) in [5.41, 5.74) is 7.81. The Kier molecular flexibility index (Phi) is 3.96. The Balaban J connectivity index is 2.92. The fraction of sp³-hybridized carbons (Fsp3) is 0.455. The van der Waals surface area contributed by atoms with Gasteiger partial charge in [0.15, 0.2) is 0 Å². The van der Waals surface area contributed by atoms with Crippen molar-refractivity contribution < 1.29 is 4.74 Å². The van der Waals surface area contributed by atoms with Crippen molar-refractivity contribution in [3.8, 4) is 5.75 Å². The van der Waals surface area contributed by atoms with Crippen molar-refractivity contribution in [2.24, 2.45) is 5.73 Å². The second-order valence-electron chi connectivity index (χ2n) is 3.53. The summed E-state index contributed by atoms with van der Waals surface area (Å²) < 4.78 is 6.80. The van der Waals surface area contributed by atoms with E-state index in [1.807, 2.05) is 26.8 Å². The summed E-state index contributed by atoms with van der Waals surface area (Å²) in [6.45, 7) is 6.58. The van der Waals surface area contributed by atoms with E-state index in [1.165, 1.54) is 5.56 Å². The third-order valence-electron chi connectivity index (χ3n) is 2.12. The highest BCUT2D eigenvalue weighted by Crippen LogP contribution is 2.26. The fourth-order valence-corrected chi connectivity index (χ4v) is 1.60. The maximum Gasteiger partial charge on any atom is 0.123 e. The van der Waals surface area contributed by atoms with Crippen LogP contribution < -0.4 is 10.5 Å². The molecule has 1 atom stereocenters. The van der Waals surface area contributed by atoms with Gasteiger partial charge in [0, 0.05) is 11.0 Å². The van der Waals surface area contributed by atoms with Crippen molar-refractivity contribution in [1.82, 2.24) is 0 Å². The van der Waals surface area contributed by atoms with Crippen LogP contribution in [0.2, 0.25) is 0 Å². The zero-order valence-corrected chi connectivity index (χ0v) is 10.4. The van der Waals surface area contributed by atoms with Gasteiger partial charge in [-0.1, -0.05) is 15.9 Å². The molecule has 0 heterocycles. The Morgan fingerprint density at radius 3 is 2.57 bits per heavy atom. The molecule has 2 nitrogen and oxygen atoms in total. The second-order valence-corrected chi connectivity index (χ2v) is 4.39. The van der Waals surface area contributed by atoms with Crippen LogP contribution in [-0.4, -0.2) is 12.6 Å².